The summed E-state index contributed by atoms with van der Waals surface area (Å²) in [6.45, 7) is 3.34. The van der Waals surface area contributed by atoms with E-state index >= 15 is 0 Å². The Morgan fingerprint density at radius 3 is 2.47 bits per heavy atom. The van der Waals surface area contributed by atoms with Crippen LogP contribution in [0.5, 0.6) is 0 Å². The minimum Gasteiger partial charge on any atom is -0.462 e. The highest BCUT2D eigenvalue weighted by atomic mass is 35.7. The molecule has 17 heavy (non-hydrogen) atoms. The number of esters is 1. The summed E-state index contributed by atoms with van der Waals surface area (Å²) in [4.78, 5) is 11.3. The Balaban J connectivity index is 3.39. The van der Waals surface area contributed by atoms with Gasteiger partial charge < -0.3 is 4.74 Å². The zero-order chi connectivity index (χ0) is 13.2. The van der Waals surface area contributed by atoms with Crippen LogP contribution in [0.4, 0.5) is 0 Å². The topological polar surface area (TPSA) is 60.4 Å². The lowest BCUT2D eigenvalue weighted by molar-refractivity contribution is 0.0526. The molecule has 0 unspecified atom stereocenters. The second-order valence-electron chi connectivity index (χ2n) is 3.24. The van der Waals surface area contributed by atoms with Gasteiger partial charge in [-0.2, -0.15) is 0 Å². The van der Waals surface area contributed by atoms with Gasteiger partial charge >= 0.3 is 5.97 Å². The van der Waals surface area contributed by atoms with Crippen molar-refractivity contribution in [2.24, 2.45) is 0 Å². The summed E-state index contributed by atoms with van der Waals surface area (Å²) in [6.07, 6.45) is 0. The van der Waals surface area contributed by atoms with E-state index in [1.165, 1.54) is 13.0 Å². The molecule has 1 aromatic rings. The van der Waals surface area contributed by atoms with Gasteiger partial charge in [-0.1, -0.05) is 11.6 Å². The molecule has 0 N–H and O–H groups in total. The first kappa shape index (κ1) is 14.3. The molecule has 0 heterocycles. The van der Waals surface area contributed by atoms with Crippen molar-refractivity contribution >= 4 is 37.3 Å². The molecule has 1 aromatic carbocycles. The standard InChI is InChI=1S/C10H10Cl2O4S/c1-3-16-10(13)7-4-8(11)6(2)9(5-7)17(12,14)15/h4-5H,3H2,1-2H3. The van der Waals surface area contributed by atoms with Crippen LogP contribution in [-0.4, -0.2) is 21.0 Å². The van der Waals surface area contributed by atoms with Crippen molar-refractivity contribution in [1.29, 1.82) is 0 Å². The largest absolute Gasteiger partial charge is 0.462 e. The van der Waals surface area contributed by atoms with Gasteiger partial charge in [0.2, 0.25) is 0 Å². The number of carbonyl (C=O) groups excluding carboxylic acids is 1. The van der Waals surface area contributed by atoms with Gasteiger partial charge in [-0.15, -0.1) is 0 Å². The van der Waals surface area contributed by atoms with Crippen LogP contribution < -0.4 is 0 Å². The summed E-state index contributed by atoms with van der Waals surface area (Å²) in [7, 11) is 1.30. The van der Waals surface area contributed by atoms with Crippen LogP contribution in [0.15, 0.2) is 17.0 Å². The molecule has 0 aliphatic rings. The van der Waals surface area contributed by atoms with Gasteiger partial charge in [0.15, 0.2) is 0 Å². The van der Waals surface area contributed by atoms with Crippen molar-refractivity contribution in [2.75, 3.05) is 6.61 Å². The lowest BCUT2D eigenvalue weighted by Crippen LogP contribution is -2.07. The molecule has 0 saturated heterocycles. The molecular formula is C10H10Cl2O4S. The highest BCUT2D eigenvalue weighted by Crippen LogP contribution is 2.28. The lowest BCUT2D eigenvalue weighted by Gasteiger charge is -2.08. The second kappa shape index (κ2) is 5.25. The Bertz CT molecular complexity index is 552. The number of hydrogen-bond acceptors (Lipinski definition) is 4. The van der Waals surface area contributed by atoms with Gasteiger partial charge in [-0.3, -0.25) is 0 Å². The van der Waals surface area contributed by atoms with Gasteiger partial charge in [-0.25, -0.2) is 13.2 Å². The molecule has 0 aliphatic carbocycles. The Hall–Kier alpha value is -0.780. The van der Waals surface area contributed by atoms with Crippen LogP contribution >= 0.6 is 22.3 Å². The van der Waals surface area contributed by atoms with E-state index in [9.17, 15) is 13.2 Å². The molecule has 0 spiro atoms. The Morgan fingerprint density at radius 2 is 2.00 bits per heavy atom. The first-order valence-corrected chi connectivity index (χ1v) is 7.38. The van der Waals surface area contributed by atoms with Gasteiger partial charge in [0, 0.05) is 15.7 Å². The van der Waals surface area contributed by atoms with Crippen molar-refractivity contribution in [1.82, 2.24) is 0 Å². The highest BCUT2D eigenvalue weighted by Gasteiger charge is 2.19. The maximum atomic E-state index is 11.5. The zero-order valence-corrected chi connectivity index (χ0v) is 11.5. The normalized spacial score (nSPS) is 11.3. The predicted molar refractivity (Wildman–Crippen MR) is 65.2 cm³/mol. The van der Waals surface area contributed by atoms with Crippen molar-refractivity contribution < 1.29 is 17.9 Å². The summed E-state index contributed by atoms with van der Waals surface area (Å²) < 4.78 is 27.3. The molecule has 0 amide bonds. The van der Waals surface area contributed by atoms with Gasteiger partial charge in [0.05, 0.1) is 17.1 Å². The molecule has 0 saturated carbocycles. The van der Waals surface area contributed by atoms with Gasteiger partial charge in [0.1, 0.15) is 0 Å². The molecule has 0 fully saturated rings. The van der Waals surface area contributed by atoms with E-state index in [2.05, 4.69) is 0 Å². The minimum absolute atomic E-state index is 0.0571. The number of halogens is 2. The van der Waals surface area contributed by atoms with Crippen LogP contribution in [0.2, 0.25) is 5.02 Å². The van der Waals surface area contributed by atoms with E-state index in [0.717, 1.165) is 6.07 Å². The Labute approximate surface area is 109 Å². The maximum absolute atomic E-state index is 11.5. The summed E-state index contributed by atoms with van der Waals surface area (Å²) >= 11 is 5.84. The van der Waals surface area contributed by atoms with E-state index in [1.807, 2.05) is 0 Å². The fourth-order valence-corrected chi connectivity index (χ4v) is 2.74. The molecule has 4 nitrogen and oxygen atoms in total. The fraction of sp³-hybridized carbons (Fsp3) is 0.300. The highest BCUT2D eigenvalue weighted by molar-refractivity contribution is 8.13. The van der Waals surface area contributed by atoms with E-state index in [4.69, 9.17) is 27.0 Å². The Morgan fingerprint density at radius 1 is 1.41 bits per heavy atom. The fourth-order valence-electron chi connectivity index (χ4n) is 1.24. The summed E-state index contributed by atoms with van der Waals surface area (Å²) in [6, 6.07) is 2.50. The maximum Gasteiger partial charge on any atom is 0.338 e. The number of benzene rings is 1. The average molecular weight is 297 g/mol. The Kier molecular flexibility index (Phi) is 4.41. The number of hydrogen-bond donors (Lipinski definition) is 0. The first-order chi connectivity index (χ1) is 7.77. The van der Waals surface area contributed by atoms with Crippen LogP contribution in [0.3, 0.4) is 0 Å². The van der Waals surface area contributed by atoms with E-state index in [-0.39, 0.29) is 22.1 Å². The number of rotatable bonds is 3. The van der Waals surface area contributed by atoms with Gasteiger partial charge in [0.25, 0.3) is 9.05 Å². The molecule has 0 bridgehead atoms. The third-order valence-electron chi connectivity index (χ3n) is 2.07. The predicted octanol–water partition coefficient (Wildman–Crippen LogP) is 2.75. The summed E-state index contributed by atoms with van der Waals surface area (Å²) in [5, 5.41) is 0.148. The molecular weight excluding hydrogens is 287 g/mol. The van der Waals surface area contributed by atoms with Crippen LogP contribution in [0.1, 0.15) is 22.8 Å². The number of carbonyl (C=O) groups is 1. The minimum atomic E-state index is -3.95. The molecule has 0 radical (unpaired) electrons. The lowest BCUT2D eigenvalue weighted by atomic mass is 10.1. The zero-order valence-electron chi connectivity index (χ0n) is 9.16. The van der Waals surface area contributed by atoms with Crippen LogP contribution in [0.25, 0.3) is 0 Å². The number of ether oxygens (including phenoxy) is 1. The molecule has 94 valence electrons. The van der Waals surface area contributed by atoms with Crippen LogP contribution in [0, 0.1) is 6.92 Å². The molecule has 7 heteroatoms. The van der Waals surface area contributed by atoms with Crippen LogP contribution in [-0.2, 0) is 13.8 Å². The van der Waals surface area contributed by atoms with Crippen molar-refractivity contribution in [2.45, 2.75) is 18.7 Å². The van der Waals surface area contributed by atoms with Crippen molar-refractivity contribution in [3.63, 3.8) is 0 Å². The average Bonchev–Trinajstić information content (AvgIpc) is 2.20. The van der Waals surface area contributed by atoms with E-state index in [0.29, 0.717) is 5.56 Å². The molecule has 1 rings (SSSR count). The summed E-state index contributed by atoms with van der Waals surface area (Å²) in [5.41, 5.74) is 0.358. The molecule has 0 aromatic heterocycles. The third kappa shape index (κ3) is 3.34. The van der Waals surface area contributed by atoms with Crippen molar-refractivity contribution in [3.8, 4) is 0 Å². The smallest absolute Gasteiger partial charge is 0.338 e. The van der Waals surface area contributed by atoms with E-state index < -0.39 is 15.0 Å². The second-order valence-corrected chi connectivity index (χ2v) is 6.18. The molecule has 0 atom stereocenters. The third-order valence-corrected chi connectivity index (χ3v) is 3.91. The van der Waals surface area contributed by atoms with E-state index in [1.54, 1.807) is 6.92 Å². The first-order valence-electron chi connectivity index (χ1n) is 4.69. The molecule has 0 aliphatic heterocycles. The summed E-state index contributed by atoms with van der Waals surface area (Å²) in [5.74, 6) is -0.643. The quantitative estimate of drug-likeness (QED) is 0.636. The monoisotopic (exact) mass is 296 g/mol. The van der Waals surface area contributed by atoms with Crippen molar-refractivity contribution in [3.05, 3.63) is 28.3 Å². The van der Waals surface area contributed by atoms with Gasteiger partial charge in [-0.05, 0) is 31.5 Å². The SMILES string of the molecule is CCOC(=O)c1cc(Cl)c(C)c(S(=O)(=O)Cl)c1.